The van der Waals surface area contributed by atoms with Crippen LogP contribution in [0.4, 0.5) is 5.69 Å². The van der Waals surface area contributed by atoms with Crippen LogP contribution in [0.5, 0.6) is 0 Å². The average Bonchev–Trinajstić information content (AvgIpc) is 2.65. The van der Waals surface area contributed by atoms with Crippen molar-refractivity contribution in [3.8, 4) is 0 Å². The molecule has 2 saturated heterocycles. The molecule has 0 unspecified atom stereocenters. The normalized spacial score (nSPS) is 27.3. The summed E-state index contributed by atoms with van der Waals surface area (Å²) < 4.78 is 0. The zero-order valence-corrected chi connectivity index (χ0v) is 10.5. The van der Waals surface area contributed by atoms with Crippen molar-refractivity contribution in [1.82, 2.24) is 14.9 Å². The van der Waals surface area contributed by atoms with Crippen LogP contribution >= 0.6 is 0 Å². The van der Waals surface area contributed by atoms with E-state index in [-0.39, 0.29) is 0 Å². The highest BCUT2D eigenvalue weighted by atomic mass is 15.4. The van der Waals surface area contributed by atoms with Crippen LogP contribution in [0.2, 0.25) is 0 Å². The highest BCUT2D eigenvalue weighted by molar-refractivity contribution is 5.91. The largest absolute Gasteiger partial charge is 0.365 e. The van der Waals surface area contributed by atoms with Gasteiger partial charge in [-0.15, -0.1) is 0 Å². The Morgan fingerprint density at radius 3 is 3.11 bits per heavy atom. The predicted molar refractivity (Wildman–Crippen MR) is 71.7 cm³/mol. The van der Waals surface area contributed by atoms with Crippen LogP contribution in [0.3, 0.4) is 0 Å². The maximum atomic E-state index is 4.33. The van der Waals surface area contributed by atoms with Crippen molar-refractivity contribution in [2.45, 2.75) is 18.5 Å². The van der Waals surface area contributed by atoms with E-state index in [4.69, 9.17) is 0 Å². The van der Waals surface area contributed by atoms with Gasteiger partial charge in [-0.05, 0) is 25.6 Å². The number of hydrogen-bond donors (Lipinski definition) is 0. The zero-order valence-electron chi connectivity index (χ0n) is 10.5. The molecule has 18 heavy (non-hydrogen) atoms. The molecular formula is C14H16N4. The monoisotopic (exact) mass is 240 g/mol. The van der Waals surface area contributed by atoms with Crippen LogP contribution in [0.25, 0.3) is 10.9 Å². The number of fused-ring (bicyclic) bond motifs is 2. The summed E-state index contributed by atoms with van der Waals surface area (Å²) >= 11 is 0. The van der Waals surface area contributed by atoms with Gasteiger partial charge in [-0.3, -0.25) is 4.90 Å². The lowest BCUT2D eigenvalue weighted by atomic mass is 9.95. The number of benzene rings is 1. The Kier molecular flexibility index (Phi) is 2.08. The number of aromatic nitrogens is 2. The first-order valence-electron chi connectivity index (χ1n) is 6.50. The number of likely N-dealkylation sites (N-methyl/N-ethyl adjacent to an activating group) is 1. The first-order chi connectivity index (χ1) is 8.84. The van der Waals surface area contributed by atoms with Gasteiger partial charge in [-0.25, -0.2) is 9.97 Å². The molecule has 1 aromatic heterocycles. The third-order valence-corrected chi connectivity index (χ3v) is 4.41. The Bertz CT molecular complexity index is 592. The molecule has 2 aliphatic heterocycles. The van der Waals surface area contributed by atoms with Gasteiger partial charge in [-0.1, -0.05) is 6.07 Å². The van der Waals surface area contributed by atoms with Crippen molar-refractivity contribution in [2.75, 3.05) is 25.0 Å². The fourth-order valence-corrected chi connectivity index (χ4v) is 3.33. The molecule has 92 valence electrons. The van der Waals surface area contributed by atoms with Crippen LogP contribution in [-0.4, -0.2) is 47.1 Å². The molecule has 4 nitrogen and oxygen atoms in total. The maximum Gasteiger partial charge on any atom is 0.116 e. The second-order valence-corrected chi connectivity index (χ2v) is 5.29. The van der Waals surface area contributed by atoms with Gasteiger partial charge >= 0.3 is 0 Å². The van der Waals surface area contributed by atoms with Gasteiger partial charge in [0.25, 0.3) is 0 Å². The van der Waals surface area contributed by atoms with E-state index in [0.29, 0.717) is 6.04 Å². The SMILES string of the molecule is CN1CC[C@@H]2[C@H]1CN2c1cccc2ncncc12. The molecule has 3 heterocycles. The van der Waals surface area contributed by atoms with Gasteiger partial charge in [0, 0.05) is 42.4 Å². The minimum Gasteiger partial charge on any atom is -0.365 e. The second kappa shape index (κ2) is 3.65. The molecule has 0 radical (unpaired) electrons. The fraction of sp³-hybridized carbons (Fsp3) is 0.429. The summed E-state index contributed by atoms with van der Waals surface area (Å²) in [6.45, 7) is 2.35. The van der Waals surface area contributed by atoms with Gasteiger partial charge in [0.15, 0.2) is 0 Å². The van der Waals surface area contributed by atoms with Crippen molar-refractivity contribution >= 4 is 16.6 Å². The molecule has 0 saturated carbocycles. The lowest BCUT2D eigenvalue weighted by Crippen LogP contribution is -2.61. The minimum absolute atomic E-state index is 0.681. The molecule has 0 spiro atoms. The predicted octanol–water partition coefficient (Wildman–Crippen LogP) is 1.52. The van der Waals surface area contributed by atoms with E-state index < -0.39 is 0 Å². The number of hydrogen-bond acceptors (Lipinski definition) is 4. The minimum atomic E-state index is 0.681. The van der Waals surface area contributed by atoms with Crippen molar-refractivity contribution in [3.63, 3.8) is 0 Å². The van der Waals surface area contributed by atoms with E-state index in [2.05, 4.69) is 45.0 Å². The van der Waals surface area contributed by atoms with Gasteiger partial charge in [0.2, 0.25) is 0 Å². The van der Waals surface area contributed by atoms with Crippen LogP contribution in [0.15, 0.2) is 30.7 Å². The first-order valence-corrected chi connectivity index (χ1v) is 6.50. The van der Waals surface area contributed by atoms with E-state index >= 15 is 0 Å². The topological polar surface area (TPSA) is 32.3 Å². The molecule has 2 aromatic rings. The van der Waals surface area contributed by atoms with Crippen LogP contribution in [0, 0.1) is 0 Å². The van der Waals surface area contributed by atoms with E-state index in [9.17, 15) is 0 Å². The van der Waals surface area contributed by atoms with Gasteiger partial charge in [0.1, 0.15) is 6.33 Å². The molecule has 2 aliphatic rings. The van der Waals surface area contributed by atoms with Gasteiger partial charge < -0.3 is 4.90 Å². The highest BCUT2D eigenvalue weighted by Gasteiger charge is 2.45. The second-order valence-electron chi connectivity index (χ2n) is 5.29. The van der Waals surface area contributed by atoms with Crippen LogP contribution in [0.1, 0.15) is 6.42 Å². The first kappa shape index (κ1) is 10.3. The third kappa shape index (κ3) is 1.29. The van der Waals surface area contributed by atoms with E-state index in [1.807, 2.05) is 6.20 Å². The maximum absolute atomic E-state index is 4.33. The molecule has 2 fully saturated rings. The third-order valence-electron chi connectivity index (χ3n) is 4.41. The summed E-state index contributed by atoms with van der Waals surface area (Å²) in [5.41, 5.74) is 2.34. The van der Waals surface area contributed by atoms with Gasteiger partial charge in [-0.2, -0.15) is 0 Å². The van der Waals surface area contributed by atoms with Crippen molar-refractivity contribution in [3.05, 3.63) is 30.7 Å². The molecule has 4 heteroatoms. The summed E-state index contributed by atoms with van der Waals surface area (Å²) in [5.74, 6) is 0. The summed E-state index contributed by atoms with van der Waals surface area (Å²) in [4.78, 5) is 13.5. The lowest BCUT2D eigenvalue weighted by molar-refractivity contribution is 0.242. The summed E-state index contributed by atoms with van der Waals surface area (Å²) in [6, 6.07) is 7.76. The Balaban J connectivity index is 1.76. The summed E-state index contributed by atoms with van der Waals surface area (Å²) in [5, 5.41) is 1.17. The van der Waals surface area contributed by atoms with Crippen molar-refractivity contribution in [1.29, 1.82) is 0 Å². The summed E-state index contributed by atoms with van der Waals surface area (Å²) in [6.07, 6.45) is 4.82. The van der Waals surface area contributed by atoms with Crippen LogP contribution < -0.4 is 4.90 Å². The molecule has 4 rings (SSSR count). The average molecular weight is 240 g/mol. The lowest BCUT2D eigenvalue weighted by Gasteiger charge is -2.48. The molecular weight excluding hydrogens is 224 g/mol. The van der Waals surface area contributed by atoms with Crippen molar-refractivity contribution < 1.29 is 0 Å². The molecule has 1 aromatic carbocycles. The Morgan fingerprint density at radius 2 is 2.22 bits per heavy atom. The fourth-order valence-electron chi connectivity index (χ4n) is 3.33. The van der Waals surface area contributed by atoms with Crippen molar-refractivity contribution in [2.24, 2.45) is 0 Å². The number of rotatable bonds is 1. The Labute approximate surface area is 106 Å². The zero-order chi connectivity index (χ0) is 12.1. The summed E-state index contributed by atoms with van der Waals surface area (Å²) in [7, 11) is 2.23. The molecule has 0 aliphatic carbocycles. The molecule has 0 amide bonds. The standard InChI is InChI=1S/C14H16N4/c1-17-6-5-13-14(17)8-18(13)12-4-2-3-11-10(12)7-15-9-16-11/h2-4,7,9,13-14H,5-6,8H2,1H3/t13-,14-/m1/s1. The molecule has 0 N–H and O–H groups in total. The number of likely N-dealkylation sites (tertiary alicyclic amines) is 1. The quantitative estimate of drug-likeness (QED) is 0.756. The van der Waals surface area contributed by atoms with Crippen LogP contribution in [-0.2, 0) is 0 Å². The molecule has 0 bridgehead atoms. The molecule has 2 atom stereocenters. The van der Waals surface area contributed by atoms with E-state index in [0.717, 1.165) is 18.1 Å². The van der Waals surface area contributed by atoms with E-state index in [1.54, 1.807) is 6.33 Å². The smallest absolute Gasteiger partial charge is 0.116 e. The Morgan fingerprint density at radius 1 is 1.28 bits per heavy atom. The Hall–Kier alpha value is -1.68. The highest BCUT2D eigenvalue weighted by Crippen LogP contribution is 2.38. The number of anilines is 1. The van der Waals surface area contributed by atoms with Gasteiger partial charge in [0.05, 0.1) is 5.52 Å². The number of nitrogens with zero attached hydrogens (tertiary/aromatic N) is 4. The van der Waals surface area contributed by atoms with E-state index in [1.165, 1.54) is 24.0 Å².